The Bertz CT molecular complexity index is 868. The summed E-state index contributed by atoms with van der Waals surface area (Å²) in [6, 6.07) is 18.9. The van der Waals surface area contributed by atoms with E-state index in [4.69, 9.17) is 0 Å². The summed E-state index contributed by atoms with van der Waals surface area (Å²) in [5.41, 5.74) is 2.67. The van der Waals surface area contributed by atoms with Crippen LogP contribution >= 0.6 is 0 Å². The number of anilines is 1. The molecule has 1 aliphatic rings. The van der Waals surface area contributed by atoms with Gasteiger partial charge < -0.3 is 10.4 Å². The van der Waals surface area contributed by atoms with Crippen LogP contribution in [0.2, 0.25) is 0 Å². The predicted molar refractivity (Wildman–Crippen MR) is 87.4 cm³/mol. The van der Waals surface area contributed by atoms with Crippen molar-refractivity contribution in [2.45, 2.75) is 12.5 Å². The van der Waals surface area contributed by atoms with Crippen LogP contribution in [0.25, 0.3) is 10.8 Å². The molecule has 0 aliphatic carbocycles. The van der Waals surface area contributed by atoms with Gasteiger partial charge in [0, 0.05) is 17.7 Å². The standard InChI is InChI=1S/C19H15NO2/c21-14-8-5-13(6-9-14)17-11-18(22)19-15-4-2-1-3-12(15)7-10-16(19)20-17/h1-10,17,20-21H,11H2/t17-/m0/s1. The Balaban J connectivity index is 1.79. The molecule has 3 nitrogen and oxygen atoms in total. The number of hydrogen-bond acceptors (Lipinski definition) is 3. The molecule has 1 atom stereocenters. The second-order valence-corrected chi connectivity index (χ2v) is 5.63. The largest absolute Gasteiger partial charge is 0.508 e. The van der Waals surface area contributed by atoms with Gasteiger partial charge in [-0.2, -0.15) is 0 Å². The first-order valence-electron chi connectivity index (χ1n) is 7.33. The number of aromatic hydroxyl groups is 1. The number of carbonyl (C=O) groups excluding carboxylic acids is 1. The molecule has 0 spiro atoms. The Kier molecular flexibility index (Phi) is 2.86. The fraction of sp³-hybridized carbons (Fsp3) is 0.105. The molecule has 0 saturated carbocycles. The minimum atomic E-state index is -0.0539. The van der Waals surface area contributed by atoms with Gasteiger partial charge in [-0.15, -0.1) is 0 Å². The highest BCUT2D eigenvalue weighted by Crippen LogP contribution is 2.36. The highest BCUT2D eigenvalue weighted by atomic mass is 16.3. The smallest absolute Gasteiger partial charge is 0.167 e. The highest BCUT2D eigenvalue weighted by molar-refractivity contribution is 6.14. The lowest BCUT2D eigenvalue weighted by atomic mass is 9.89. The average molecular weight is 289 g/mol. The number of ketones is 1. The van der Waals surface area contributed by atoms with E-state index in [9.17, 15) is 9.90 Å². The van der Waals surface area contributed by atoms with Crippen molar-refractivity contribution >= 4 is 22.2 Å². The van der Waals surface area contributed by atoms with Crippen LogP contribution in [-0.4, -0.2) is 10.9 Å². The van der Waals surface area contributed by atoms with Gasteiger partial charge in [0.05, 0.1) is 6.04 Å². The van der Waals surface area contributed by atoms with Gasteiger partial charge in [-0.05, 0) is 34.5 Å². The monoisotopic (exact) mass is 289 g/mol. The zero-order chi connectivity index (χ0) is 15.1. The number of phenolic OH excluding ortho intramolecular Hbond substituents is 1. The summed E-state index contributed by atoms with van der Waals surface area (Å²) in [5, 5.41) is 14.9. The Hall–Kier alpha value is -2.81. The maximum Gasteiger partial charge on any atom is 0.167 e. The number of rotatable bonds is 1. The summed E-state index contributed by atoms with van der Waals surface area (Å²) in [6.45, 7) is 0. The van der Waals surface area contributed by atoms with Gasteiger partial charge in [0.2, 0.25) is 0 Å². The number of fused-ring (bicyclic) bond motifs is 3. The molecule has 3 heteroatoms. The van der Waals surface area contributed by atoms with Crippen molar-refractivity contribution < 1.29 is 9.90 Å². The molecular weight excluding hydrogens is 274 g/mol. The fourth-order valence-electron chi connectivity index (χ4n) is 3.13. The first kappa shape index (κ1) is 12.9. The number of Topliss-reactive ketones (excluding diaryl/α,β-unsaturated/α-hetero) is 1. The third kappa shape index (κ3) is 2.02. The third-order valence-corrected chi connectivity index (χ3v) is 4.22. The Morgan fingerprint density at radius 2 is 1.73 bits per heavy atom. The van der Waals surface area contributed by atoms with Gasteiger partial charge in [0.15, 0.2) is 5.78 Å². The highest BCUT2D eigenvalue weighted by Gasteiger charge is 2.27. The van der Waals surface area contributed by atoms with Crippen LogP contribution in [0.3, 0.4) is 0 Å². The molecule has 22 heavy (non-hydrogen) atoms. The van der Waals surface area contributed by atoms with Gasteiger partial charge in [0.25, 0.3) is 0 Å². The summed E-state index contributed by atoms with van der Waals surface area (Å²) >= 11 is 0. The molecule has 4 rings (SSSR count). The first-order chi connectivity index (χ1) is 10.7. The minimum absolute atomic E-state index is 0.0539. The Morgan fingerprint density at radius 1 is 0.955 bits per heavy atom. The Morgan fingerprint density at radius 3 is 2.55 bits per heavy atom. The van der Waals surface area contributed by atoms with Crippen molar-refractivity contribution in [1.29, 1.82) is 0 Å². The molecular formula is C19H15NO2. The lowest BCUT2D eigenvalue weighted by Gasteiger charge is -2.27. The van der Waals surface area contributed by atoms with Crippen LogP contribution in [0.4, 0.5) is 5.69 Å². The SMILES string of the molecule is O=C1C[C@@H](c2ccc(O)cc2)Nc2ccc3ccccc3c21. The van der Waals surface area contributed by atoms with Crippen LogP contribution in [0.1, 0.15) is 28.4 Å². The fourth-order valence-corrected chi connectivity index (χ4v) is 3.13. The van der Waals surface area contributed by atoms with E-state index in [-0.39, 0.29) is 17.6 Å². The third-order valence-electron chi connectivity index (χ3n) is 4.22. The summed E-state index contributed by atoms with van der Waals surface area (Å²) in [6.07, 6.45) is 0.422. The molecule has 0 saturated heterocycles. The van der Waals surface area contributed by atoms with E-state index in [0.717, 1.165) is 27.6 Å². The molecule has 0 amide bonds. The van der Waals surface area contributed by atoms with Crippen molar-refractivity contribution in [3.8, 4) is 5.75 Å². The van der Waals surface area contributed by atoms with Gasteiger partial charge >= 0.3 is 0 Å². The van der Waals surface area contributed by atoms with Crippen molar-refractivity contribution in [2.24, 2.45) is 0 Å². The summed E-state index contributed by atoms with van der Waals surface area (Å²) in [4.78, 5) is 12.7. The lowest BCUT2D eigenvalue weighted by molar-refractivity contribution is 0.0974. The lowest BCUT2D eigenvalue weighted by Crippen LogP contribution is -2.23. The molecule has 3 aromatic carbocycles. The van der Waals surface area contributed by atoms with E-state index in [2.05, 4.69) is 5.32 Å². The van der Waals surface area contributed by atoms with Crippen molar-refractivity contribution in [1.82, 2.24) is 0 Å². The number of carbonyl (C=O) groups is 1. The maximum absolute atomic E-state index is 12.7. The molecule has 0 unspecified atom stereocenters. The molecule has 0 radical (unpaired) electrons. The average Bonchev–Trinajstić information content (AvgIpc) is 2.55. The molecule has 108 valence electrons. The molecule has 3 aromatic rings. The van der Waals surface area contributed by atoms with E-state index in [1.807, 2.05) is 48.5 Å². The van der Waals surface area contributed by atoms with E-state index >= 15 is 0 Å². The van der Waals surface area contributed by atoms with Crippen molar-refractivity contribution in [2.75, 3.05) is 5.32 Å². The number of benzene rings is 3. The summed E-state index contributed by atoms with van der Waals surface area (Å²) < 4.78 is 0. The van der Waals surface area contributed by atoms with E-state index in [0.29, 0.717) is 6.42 Å². The van der Waals surface area contributed by atoms with Gasteiger partial charge in [0.1, 0.15) is 5.75 Å². The van der Waals surface area contributed by atoms with E-state index in [1.165, 1.54) is 0 Å². The first-order valence-corrected chi connectivity index (χ1v) is 7.33. The second kappa shape index (κ2) is 4.88. The van der Waals surface area contributed by atoms with Gasteiger partial charge in [-0.1, -0.05) is 42.5 Å². The van der Waals surface area contributed by atoms with E-state index < -0.39 is 0 Å². The molecule has 2 N–H and O–H groups in total. The minimum Gasteiger partial charge on any atom is -0.508 e. The zero-order valence-corrected chi connectivity index (χ0v) is 11.9. The number of phenols is 1. The summed E-state index contributed by atoms with van der Waals surface area (Å²) in [7, 11) is 0. The number of hydrogen-bond donors (Lipinski definition) is 2. The second-order valence-electron chi connectivity index (χ2n) is 5.63. The van der Waals surface area contributed by atoms with Crippen LogP contribution in [-0.2, 0) is 0 Å². The van der Waals surface area contributed by atoms with Crippen LogP contribution in [0, 0.1) is 0 Å². The van der Waals surface area contributed by atoms with Crippen molar-refractivity contribution in [3.63, 3.8) is 0 Å². The summed E-state index contributed by atoms with van der Waals surface area (Å²) in [5.74, 6) is 0.390. The number of nitrogens with one attached hydrogen (secondary N) is 1. The van der Waals surface area contributed by atoms with E-state index in [1.54, 1.807) is 12.1 Å². The maximum atomic E-state index is 12.7. The van der Waals surface area contributed by atoms with Gasteiger partial charge in [-0.3, -0.25) is 4.79 Å². The van der Waals surface area contributed by atoms with Crippen LogP contribution in [0.15, 0.2) is 60.7 Å². The molecule has 1 aliphatic heterocycles. The molecule has 0 bridgehead atoms. The quantitative estimate of drug-likeness (QED) is 0.702. The zero-order valence-electron chi connectivity index (χ0n) is 11.9. The van der Waals surface area contributed by atoms with Gasteiger partial charge in [-0.25, -0.2) is 0 Å². The molecule has 0 aromatic heterocycles. The topological polar surface area (TPSA) is 49.3 Å². The molecule has 0 fully saturated rings. The molecule has 1 heterocycles. The van der Waals surface area contributed by atoms with Crippen LogP contribution in [0.5, 0.6) is 5.75 Å². The van der Waals surface area contributed by atoms with Crippen LogP contribution < -0.4 is 5.32 Å². The normalized spacial score (nSPS) is 17.1. The predicted octanol–water partition coefficient (Wildman–Crippen LogP) is 4.29. The Labute approximate surface area is 128 Å². The van der Waals surface area contributed by atoms with Crippen molar-refractivity contribution in [3.05, 3.63) is 71.8 Å².